The largest absolute Gasteiger partial charge is 0.496 e. The predicted molar refractivity (Wildman–Crippen MR) is 135 cm³/mol. The van der Waals surface area contributed by atoms with Crippen LogP contribution in [0, 0.1) is 0 Å². The number of carbonyl (C=O) groups is 1. The maximum Gasteiger partial charge on any atom is 0.261 e. The Balaban J connectivity index is 1.42. The molecule has 0 saturated carbocycles. The Morgan fingerprint density at radius 1 is 0.829 bits per heavy atom. The van der Waals surface area contributed by atoms with Crippen LogP contribution in [0.5, 0.6) is 28.7 Å². The molecule has 176 valence electrons. The molecular weight excluding hydrogens is 466 g/mol. The molecule has 0 aliphatic rings. The van der Waals surface area contributed by atoms with Gasteiger partial charge in [0.05, 0.1) is 42.6 Å². The van der Waals surface area contributed by atoms with Gasteiger partial charge in [0.15, 0.2) is 16.6 Å². The molecule has 2 aromatic heterocycles. The number of methoxy groups -OCH3 is 3. The summed E-state index contributed by atoms with van der Waals surface area (Å²) in [6.45, 7) is 0. The molecule has 1 N–H and O–H groups in total. The fourth-order valence-corrected chi connectivity index (χ4v) is 4.57. The van der Waals surface area contributed by atoms with E-state index < -0.39 is 0 Å². The second-order valence-corrected chi connectivity index (χ2v) is 8.47. The fourth-order valence-electron chi connectivity index (χ4n) is 3.68. The molecule has 3 aromatic carbocycles. The first-order valence-corrected chi connectivity index (χ1v) is 11.4. The summed E-state index contributed by atoms with van der Waals surface area (Å²) in [5, 5.41) is 4.13. The topological polar surface area (TPSA) is 91.8 Å². The van der Waals surface area contributed by atoms with Crippen LogP contribution in [0.1, 0.15) is 10.4 Å². The van der Waals surface area contributed by atoms with Crippen LogP contribution in [0.15, 0.2) is 66.9 Å². The molecule has 35 heavy (non-hydrogen) atoms. The highest BCUT2D eigenvalue weighted by Crippen LogP contribution is 2.38. The van der Waals surface area contributed by atoms with Gasteiger partial charge in [-0.25, -0.2) is 4.98 Å². The van der Waals surface area contributed by atoms with Gasteiger partial charge in [-0.05, 0) is 36.4 Å². The summed E-state index contributed by atoms with van der Waals surface area (Å²) in [5.41, 5.74) is 1.92. The van der Waals surface area contributed by atoms with Crippen molar-refractivity contribution in [3.63, 3.8) is 0 Å². The number of thiazole rings is 1. The van der Waals surface area contributed by atoms with Gasteiger partial charge in [0.1, 0.15) is 17.2 Å². The Morgan fingerprint density at radius 3 is 2.40 bits per heavy atom. The lowest BCUT2D eigenvalue weighted by Crippen LogP contribution is -2.12. The quantitative estimate of drug-likeness (QED) is 0.305. The zero-order chi connectivity index (χ0) is 24.4. The van der Waals surface area contributed by atoms with E-state index in [0.29, 0.717) is 39.4 Å². The first kappa shape index (κ1) is 22.4. The number of aromatic nitrogens is 2. The summed E-state index contributed by atoms with van der Waals surface area (Å²) >= 11 is 1.36. The van der Waals surface area contributed by atoms with Crippen LogP contribution in [0.25, 0.3) is 21.1 Å². The molecule has 5 rings (SSSR count). The maximum atomic E-state index is 12.7. The van der Waals surface area contributed by atoms with Crippen molar-refractivity contribution in [2.45, 2.75) is 0 Å². The van der Waals surface area contributed by atoms with Gasteiger partial charge in [0.2, 0.25) is 0 Å². The number of nitrogens with one attached hydrogen (secondary N) is 1. The Kier molecular flexibility index (Phi) is 6.07. The molecular formula is C26H21N3O5S. The number of anilines is 1. The van der Waals surface area contributed by atoms with Crippen molar-refractivity contribution < 1.29 is 23.7 Å². The van der Waals surface area contributed by atoms with Crippen LogP contribution in [-0.4, -0.2) is 37.2 Å². The van der Waals surface area contributed by atoms with Gasteiger partial charge in [-0.2, -0.15) is 0 Å². The molecule has 5 aromatic rings. The van der Waals surface area contributed by atoms with Crippen LogP contribution >= 0.6 is 11.3 Å². The summed E-state index contributed by atoms with van der Waals surface area (Å²) in [5.74, 6) is 2.66. The molecule has 0 aliphatic carbocycles. The number of fused-ring (bicyclic) bond motifs is 2. The summed E-state index contributed by atoms with van der Waals surface area (Å²) in [7, 11) is 4.70. The number of rotatable bonds is 7. The molecule has 0 spiro atoms. The molecule has 0 aliphatic heterocycles. The van der Waals surface area contributed by atoms with E-state index in [9.17, 15) is 4.79 Å². The molecule has 9 heteroatoms. The minimum atomic E-state index is -0.286. The fraction of sp³-hybridized carbons (Fsp3) is 0.115. The highest BCUT2D eigenvalue weighted by molar-refractivity contribution is 7.22. The lowest BCUT2D eigenvalue weighted by Gasteiger charge is -2.12. The van der Waals surface area contributed by atoms with E-state index >= 15 is 0 Å². The van der Waals surface area contributed by atoms with E-state index in [-0.39, 0.29) is 5.91 Å². The summed E-state index contributed by atoms with van der Waals surface area (Å²) in [6.07, 6.45) is 1.68. The predicted octanol–water partition coefficient (Wildman–Crippen LogP) is 5.91. The van der Waals surface area contributed by atoms with Crippen molar-refractivity contribution in [3.8, 4) is 28.7 Å². The van der Waals surface area contributed by atoms with Crippen molar-refractivity contribution >= 4 is 43.5 Å². The minimum absolute atomic E-state index is 0.286. The average Bonchev–Trinajstić information content (AvgIpc) is 3.29. The first-order chi connectivity index (χ1) is 17.1. The Labute approximate surface area is 205 Å². The number of hydrogen-bond acceptors (Lipinski definition) is 8. The third-order valence-corrected chi connectivity index (χ3v) is 6.30. The molecule has 2 heterocycles. The Hall–Kier alpha value is -4.37. The number of hydrogen-bond donors (Lipinski definition) is 1. The second-order valence-electron chi connectivity index (χ2n) is 7.44. The molecule has 1 amide bonds. The first-order valence-electron chi connectivity index (χ1n) is 10.6. The van der Waals surface area contributed by atoms with E-state index in [0.717, 1.165) is 21.1 Å². The zero-order valence-corrected chi connectivity index (χ0v) is 20.0. The lowest BCUT2D eigenvalue weighted by atomic mass is 10.2. The SMILES string of the molecule is COc1cc2nccc(Oc3ccc4nc(NC(=O)c5ccccc5OC)sc4c3)c2cc1OC. The van der Waals surface area contributed by atoms with Crippen LogP contribution in [0.3, 0.4) is 0 Å². The normalized spacial score (nSPS) is 10.8. The number of amides is 1. The summed E-state index contributed by atoms with van der Waals surface area (Å²) in [6, 6.07) is 18.1. The van der Waals surface area contributed by atoms with E-state index in [4.69, 9.17) is 18.9 Å². The van der Waals surface area contributed by atoms with Gasteiger partial charge in [-0.3, -0.25) is 15.1 Å². The highest BCUT2D eigenvalue weighted by atomic mass is 32.1. The molecule has 0 unspecified atom stereocenters. The van der Waals surface area contributed by atoms with Crippen molar-refractivity contribution in [2.24, 2.45) is 0 Å². The van der Waals surface area contributed by atoms with Crippen molar-refractivity contribution in [1.82, 2.24) is 9.97 Å². The molecule has 0 bridgehead atoms. The summed E-state index contributed by atoms with van der Waals surface area (Å²) < 4.78 is 23.2. The molecule has 8 nitrogen and oxygen atoms in total. The smallest absolute Gasteiger partial charge is 0.261 e. The van der Waals surface area contributed by atoms with Gasteiger partial charge in [0.25, 0.3) is 5.91 Å². The molecule has 0 fully saturated rings. The third-order valence-electron chi connectivity index (χ3n) is 5.37. The number of para-hydroxylation sites is 1. The van der Waals surface area contributed by atoms with Crippen molar-refractivity contribution in [2.75, 3.05) is 26.6 Å². The Morgan fingerprint density at radius 2 is 1.60 bits per heavy atom. The van der Waals surface area contributed by atoms with Crippen LogP contribution in [0.4, 0.5) is 5.13 Å². The van der Waals surface area contributed by atoms with E-state index in [1.807, 2.05) is 36.4 Å². The standard InChI is InChI=1S/C26H21N3O5S/c1-31-20-7-5-4-6-16(20)25(30)29-26-28-18-9-8-15(12-24(18)35-26)34-21-10-11-27-19-14-23(33-3)22(32-2)13-17(19)21/h4-14H,1-3H3,(H,28,29,30). The highest BCUT2D eigenvalue weighted by Gasteiger charge is 2.15. The average molecular weight is 488 g/mol. The van der Waals surface area contributed by atoms with Crippen molar-refractivity contribution in [1.29, 1.82) is 0 Å². The number of benzene rings is 3. The van der Waals surface area contributed by atoms with Crippen LogP contribution < -0.4 is 24.3 Å². The van der Waals surface area contributed by atoms with Gasteiger partial charge >= 0.3 is 0 Å². The van der Waals surface area contributed by atoms with E-state index in [1.54, 1.807) is 44.7 Å². The van der Waals surface area contributed by atoms with Crippen LogP contribution in [0.2, 0.25) is 0 Å². The number of pyridine rings is 1. The lowest BCUT2D eigenvalue weighted by molar-refractivity contribution is 0.102. The third kappa shape index (κ3) is 4.41. The van der Waals surface area contributed by atoms with Gasteiger partial charge in [-0.15, -0.1) is 0 Å². The van der Waals surface area contributed by atoms with Gasteiger partial charge in [0, 0.05) is 23.7 Å². The number of carbonyl (C=O) groups excluding carboxylic acids is 1. The maximum absolute atomic E-state index is 12.7. The Bertz CT molecular complexity index is 1550. The minimum Gasteiger partial charge on any atom is -0.496 e. The monoisotopic (exact) mass is 487 g/mol. The zero-order valence-electron chi connectivity index (χ0n) is 19.2. The number of nitrogens with zero attached hydrogens (tertiary/aromatic N) is 2. The van der Waals surface area contributed by atoms with Crippen LogP contribution in [-0.2, 0) is 0 Å². The van der Waals surface area contributed by atoms with Gasteiger partial charge in [-0.1, -0.05) is 23.5 Å². The van der Waals surface area contributed by atoms with Crippen molar-refractivity contribution in [3.05, 3.63) is 72.4 Å². The van der Waals surface area contributed by atoms with E-state index in [1.165, 1.54) is 18.4 Å². The molecule has 0 saturated heterocycles. The molecule has 0 atom stereocenters. The summed E-state index contributed by atoms with van der Waals surface area (Å²) in [4.78, 5) is 21.7. The van der Waals surface area contributed by atoms with Gasteiger partial charge < -0.3 is 18.9 Å². The van der Waals surface area contributed by atoms with E-state index in [2.05, 4.69) is 15.3 Å². The second kappa shape index (κ2) is 9.47. The number of ether oxygens (including phenoxy) is 4. The molecule has 0 radical (unpaired) electrons.